The van der Waals surface area contributed by atoms with Gasteiger partial charge in [-0.1, -0.05) is 26.0 Å². The van der Waals surface area contributed by atoms with Crippen LogP contribution in [0.4, 0.5) is 11.4 Å². The second kappa shape index (κ2) is 5.26. The first kappa shape index (κ1) is 15.1. The molecule has 0 saturated heterocycles. The van der Waals surface area contributed by atoms with Crippen molar-refractivity contribution in [3.05, 3.63) is 59.6 Å². The molecule has 2 heterocycles. The average Bonchev–Trinajstić information content (AvgIpc) is 2.85. The molecule has 1 aromatic carbocycles. The van der Waals surface area contributed by atoms with Crippen molar-refractivity contribution in [3.63, 3.8) is 0 Å². The van der Waals surface area contributed by atoms with Crippen LogP contribution in [0.2, 0.25) is 0 Å². The van der Waals surface area contributed by atoms with Crippen LogP contribution in [0.15, 0.2) is 53.9 Å². The Bertz CT molecular complexity index is 844. The molecule has 0 fully saturated rings. The van der Waals surface area contributed by atoms with Crippen molar-refractivity contribution in [1.29, 1.82) is 0 Å². The van der Waals surface area contributed by atoms with Gasteiger partial charge in [0.15, 0.2) is 5.78 Å². The lowest BCUT2D eigenvalue weighted by Gasteiger charge is -2.34. The first-order valence-corrected chi connectivity index (χ1v) is 8.45. The van der Waals surface area contributed by atoms with Crippen LogP contribution in [0.25, 0.3) is 0 Å². The molecular weight excluding hydrogens is 298 g/mol. The third kappa shape index (κ3) is 2.42. The zero-order valence-electron chi connectivity index (χ0n) is 14.4. The summed E-state index contributed by atoms with van der Waals surface area (Å²) in [6, 6.07) is 12.2. The van der Waals surface area contributed by atoms with Crippen molar-refractivity contribution in [3.8, 4) is 0 Å². The van der Waals surface area contributed by atoms with E-state index in [-0.39, 0.29) is 17.2 Å². The summed E-state index contributed by atoms with van der Waals surface area (Å²) in [6.07, 6.45) is 3.50. The maximum absolute atomic E-state index is 13.0. The largest absolute Gasteiger partial charge is 0.371 e. The van der Waals surface area contributed by atoms with Gasteiger partial charge in [-0.25, -0.2) is 0 Å². The quantitative estimate of drug-likeness (QED) is 0.825. The number of carbonyl (C=O) groups excluding carboxylic acids is 1. The maximum Gasteiger partial charge on any atom is 0.163 e. The van der Waals surface area contributed by atoms with E-state index in [0.717, 1.165) is 34.8 Å². The lowest BCUT2D eigenvalue weighted by atomic mass is 9.74. The highest BCUT2D eigenvalue weighted by atomic mass is 16.1. The molecule has 4 nitrogen and oxygen atoms in total. The maximum atomic E-state index is 13.0. The molecule has 1 aromatic heterocycles. The Kier molecular flexibility index (Phi) is 3.30. The van der Waals surface area contributed by atoms with E-state index in [1.807, 2.05) is 31.4 Å². The van der Waals surface area contributed by atoms with Gasteiger partial charge in [0.2, 0.25) is 0 Å². The van der Waals surface area contributed by atoms with Gasteiger partial charge in [-0.3, -0.25) is 4.79 Å². The summed E-state index contributed by atoms with van der Waals surface area (Å²) in [6.45, 7) is 4.33. The molecule has 0 saturated carbocycles. The van der Waals surface area contributed by atoms with Crippen LogP contribution in [0.1, 0.15) is 38.4 Å². The van der Waals surface area contributed by atoms with Crippen LogP contribution in [-0.2, 0) is 11.8 Å². The molecule has 4 rings (SSSR count). The highest BCUT2D eigenvalue weighted by molar-refractivity contribution is 6.01. The SMILES string of the molecule is Cn1cccc1[C@H]1Nc2ccccc2NC2=C1C(=O)CC(C)(C)C2. The van der Waals surface area contributed by atoms with Crippen molar-refractivity contribution in [2.24, 2.45) is 12.5 Å². The molecule has 124 valence electrons. The van der Waals surface area contributed by atoms with Gasteiger partial charge >= 0.3 is 0 Å². The van der Waals surface area contributed by atoms with E-state index in [2.05, 4.69) is 47.2 Å². The number of para-hydroxylation sites is 2. The monoisotopic (exact) mass is 321 g/mol. The zero-order valence-corrected chi connectivity index (χ0v) is 14.4. The molecule has 1 atom stereocenters. The minimum atomic E-state index is -0.125. The first-order chi connectivity index (χ1) is 11.4. The molecule has 0 spiro atoms. The van der Waals surface area contributed by atoms with Crippen molar-refractivity contribution >= 4 is 17.2 Å². The summed E-state index contributed by atoms with van der Waals surface area (Å²) in [5, 5.41) is 7.14. The predicted molar refractivity (Wildman–Crippen MR) is 96.9 cm³/mol. The molecule has 0 bridgehead atoms. The molecular formula is C20H23N3O. The Morgan fingerprint density at radius 3 is 2.54 bits per heavy atom. The van der Waals surface area contributed by atoms with E-state index in [4.69, 9.17) is 0 Å². The molecule has 2 aromatic rings. The highest BCUT2D eigenvalue weighted by Crippen LogP contribution is 2.45. The van der Waals surface area contributed by atoms with Crippen LogP contribution in [0, 0.1) is 5.41 Å². The summed E-state index contributed by atoms with van der Waals surface area (Å²) in [5.41, 5.74) is 5.10. The number of fused-ring (bicyclic) bond motifs is 1. The number of carbonyl (C=O) groups is 1. The second-order valence-electron chi connectivity index (χ2n) is 7.63. The number of hydrogen-bond donors (Lipinski definition) is 2. The zero-order chi connectivity index (χ0) is 16.9. The number of hydrogen-bond acceptors (Lipinski definition) is 3. The number of aromatic nitrogens is 1. The molecule has 2 aliphatic rings. The number of allylic oxidation sites excluding steroid dienone is 1. The number of aryl methyl sites for hydroxylation is 1. The molecule has 0 amide bonds. The van der Waals surface area contributed by atoms with Gasteiger partial charge in [-0.05, 0) is 36.1 Å². The third-order valence-electron chi connectivity index (χ3n) is 5.00. The summed E-state index contributed by atoms with van der Waals surface area (Å²) in [7, 11) is 2.03. The number of nitrogens with one attached hydrogen (secondary N) is 2. The Morgan fingerprint density at radius 1 is 1.08 bits per heavy atom. The molecule has 0 unspecified atom stereocenters. The topological polar surface area (TPSA) is 46.1 Å². The van der Waals surface area contributed by atoms with Gasteiger partial charge in [-0.2, -0.15) is 0 Å². The fraction of sp³-hybridized carbons (Fsp3) is 0.350. The summed E-state index contributed by atoms with van der Waals surface area (Å²) in [4.78, 5) is 13.0. The van der Waals surface area contributed by atoms with Gasteiger partial charge in [0.1, 0.15) is 0 Å². The molecule has 1 aliphatic heterocycles. The van der Waals surface area contributed by atoms with Gasteiger partial charge in [-0.15, -0.1) is 0 Å². The number of nitrogens with zero attached hydrogens (tertiary/aromatic N) is 1. The van der Waals surface area contributed by atoms with Crippen LogP contribution < -0.4 is 10.6 Å². The van der Waals surface area contributed by atoms with E-state index in [9.17, 15) is 4.79 Å². The lowest BCUT2D eigenvalue weighted by molar-refractivity contribution is -0.118. The Balaban J connectivity index is 1.90. The smallest absolute Gasteiger partial charge is 0.163 e. The van der Waals surface area contributed by atoms with E-state index < -0.39 is 0 Å². The fourth-order valence-corrected chi connectivity index (χ4v) is 3.89. The molecule has 1 aliphatic carbocycles. The van der Waals surface area contributed by atoms with Crippen molar-refractivity contribution in [1.82, 2.24) is 4.57 Å². The van der Waals surface area contributed by atoms with E-state index in [1.54, 1.807) is 0 Å². The number of ketones is 1. The van der Waals surface area contributed by atoms with Crippen LogP contribution in [0.3, 0.4) is 0 Å². The third-order valence-corrected chi connectivity index (χ3v) is 5.00. The molecule has 24 heavy (non-hydrogen) atoms. The number of rotatable bonds is 1. The molecule has 2 N–H and O–H groups in total. The van der Waals surface area contributed by atoms with Crippen molar-refractivity contribution in [2.75, 3.05) is 10.6 Å². The Labute approximate surface area is 142 Å². The number of anilines is 2. The minimum Gasteiger partial charge on any atom is -0.371 e. The summed E-state index contributed by atoms with van der Waals surface area (Å²) < 4.78 is 2.09. The van der Waals surface area contributed by atoms with E-state index in [1.165, 1.54) is 0 Å². The van der Waals surface area contributed by atoms with E-state index >= 15 is 0 Å². The first-order valence-electron chi connectivity index (χ1n) is 8.45. The minimum absolute atomic E-state index is 0.0129. The van der Waals surface area contributed by atoms with Gasteiger partial charge in [0.05, 0.1) is 17.4 Å². The average molecular weight is 321 g/mol. The molecule has 0 radical (unpaired) electrons. The van der Waals surface area contributed by atoms with Gasteiger partial charge in [0.25, 0.3) is 0 Å². The fourth-order valence-electron chi connectivity index (χ4n) is 3.89. The number of benzene rings is 1. The standard InChI is InChI=1S/C20H23N3O/c1-20(2)11-15-18(17(24)12-20)19(16-9-6-10-23(16)3)22-14-8-5-4-7-13(14)21-15/h4-10,19,21-22H,11-12H2,1-3H3/t19-/m1/s1. The summed E-state index contributed by atoms with van der Waals surface area (Å²) >= 11 is 0. The second-order valence-corrected chi connectivity index (χ2v) is 7.63. The van der Waals surface area contributed by atoms with E-state index in [0.29, 0.717) is 6.42 Å². The van der Waals surface area contributed by atoms with Crippen molar-refractivity contribution in [2.45, 2.75) is 32.7 Å². The Morgan fingerprint density at radius 2 is 1.83 bits per heavy atom. The Hall–Kier alpha value is -2.49. The van der Waals surface area contributed by atoms with Crippen LogP contribution >= 0.6 is 0 Å². The van der Waals surface area contributed by atoms with Crippen LogP contribution in [0.5, 0.6) is 0 Å². The predicted octanol–water partition coefficient (Wildman–Crippen LogP) is 4.25. The number of Topliss-reactive ketones (excluding diaryl/α,β-unsaturated/α-hetero) is 1. The van der Waals surface area contributed by atoms with Gasteiger partial charge < -0.3 is 15.2 Å². The van der Waals surface area contributed by atoms with Crippen molar-refractivity contribution < 1.29 is 4.79 Å². The lowest BCUT2D eigenvalue weighted by Crippen LogP contribution is -2.32. The summed E-state index contributed by atoms with van der Waals surface area (Å²) in [5.74, 6) is 0.236. The highest BCUT2D eigenvalue weighted by Gasteiger charge is 2.39. The normalized spacial score (nSPS) is 22.1. The molecule has 4 heteroatoms. The van der Waals surface area contributed by atoms with Gasteiger partial charge in [0, 0.05) is 36.6 Å². The van der Waals surface area contributed by atoms with Crippen LogP contribution in [-0.4, -0.2) is 10.4 Å².